The lowest BCUT2D eigenvalue weighted by molar-refractivity contribution is 0.0692. The van der Waals surface area contributed by atoms with Gasteiger partial charge in [-0.3, -0.25) is 4.68 Å². The summed E-state index contributed by atoms with van der Waals surface area (Å²) in [5.41, 5.74) is 0.741. The van der Waals surface area contributed by atoms with Crippen molar-refractivity contribution in [2.75, 3.05) is 7.11 Å². The number of carbonyl (C=O) groups is 1. The van der Waals surface area contributed by atoms with Crippen molar-refractivity contribution in [3.63, 3.8) is 0 Å². The first-order chi connectivity index (χ1) is 9.04. The highest BCUT2D eigenvalue weighted by molar-refractivity contribution is 7.99. The molecular formula is C13H14N2O3S. The summed E-state index contributed by atoms with van der Waals surface area (Å²) in [6.45, 7) is 1.69. The van der Waals surface area contributed by atoms with Gasteiger partial charge in [-0.1, -0.05) is 23.9 Å². The molecule has 5 nitrogen and oxygen atoms in total. The quantitative estimate of drug-likeness (QED) is 0.931. The van der Waals surface area contributed by atoms with Gasteiger partial charge in [-0.25, -0.2) is 4.79 Å². The summed E-state index contributed by atoms with van der Waals surface area (Å²) in [4.78, 5) is 12.2. The summed E-state index contributed by atoms with van der Waals surface area (Å²) in [6.07, 6.45) is 0. The maximum atomic E-state index is 11.3. The smallest absolute Gasteiger partial charge is 0.340 e. The van der Waals surface area contributed by atoms with Crippen LogP contribution < -0.4 is 4.74 Å². The highest BCUT2D eigenvalue weighted by Gasteiger charge is 2.21. The summed E-state index contributed by atoms with van der Waals surface area (Å²) in [5, 5.41) is 14.0. The van der Waals surface area contributed by atoms with Gasteiger partial charge in [-0.2, -0.15) is 5.10 Å². The third kappa shape index (κ3) is 2.58. The molecule has 1 aromatic heterocycles. The van der Waals surface area contributed by atoms with Crippen molar-refractivity contribution < 1.29 is 14.6 Å². The van der Waals surface area contributed by atoms with E-state index >= 15 is 0 Å². The van der Waals surface area contributed by atoms with Crippen molar-refractivity contribution in [2.24, 2.45) is 7.05 Å². The molecule has 0 unspecified atom stereocenters. The third-order valence-electron chi connectivity index (χ3n) is 2.66. The number of para-hydroxylation sites is 1. The molecule has 0 bridgehead atoms. The Hall–Kier alpha value is -1.95. The van der Waals surface area contributed by atoms with Gasteiger partial charge in [0, 0.05) is 7.05 Å². The fourth-order valence-electron chi connectivity index (χ4n) is 1.81. The maximum absolute atomic E-state index is 11.3. The number of aryl methyl sites for hydroxylation is 2. The summed E-state index contributed by atoms with van der Waals surface area (Å²) in [7, 11) is 3.32. The van der Waals surface area contributed by atoms with Gasteiger partial charge in [-0.15, -0.1) is 0 Å². The number of carboxylic acid groups (broad SMARTS) is 1. The molecule has 6 heteroatoms. The largest absolute Gasteiger partial charge is 0.496 e. The second kappa shape index (κ2) is 5.36. The first kappa shape index (κ1) is 13.5. The molecule has 0 aliphatic carbocycles. The van der Waals surface area contributed by atoms with Crippen LogP contribution in [-0.2, 0) is 7.05 Å². The fraction of sp³-hybridized carbons (Fsp3) is 0.231. The zero-order valence-electron chi connectivity index (χ0n) is 10.9. The number of nitrogens with zero attached hydrogens (tertiary/aromatic N) is 2. The van der Waals surface area contributed by atoms with Gasteiger partial charge in [0.05, 0.1) is 17.7 Å². The number of ether oxygens (including phenoxy) is 1. The van der Waals surface area contributed by atoms with Crippen LogP contribution in [0.5, 0.6) is 5.75 Å². The van der Waals surface area contributed by atoms with Crippen LogP contribution in [0.2, 0.25) is 0 Å². The van der Waals surface area contributed by atoms with E-state index in [1.54, 1.807) is 25.8 Å². The normalized spacial score (nSPS) is 10.5. The summed E-state index contributed by atoms with van der Waals surface area (Å²) < 4.78 is 6.85. The van der Waals surface area contributed by atoms with E-state index in [1.807, 2.05) is 24.3 Å². The minimum Gasteiger partial charge on any atom is -0.496 e. The van der Waals surface area contributed by atoms with Gasteiger partial charge in [-0.05, 0) is 19.1 Å². The van der Waals surface area contributed by atoms with Crippen LogP contribution >= 0.6 is 11.8 Å². The Balaban J connectivity index is 2.46. The lowest BCUT2D eigenvalue weighted by atomic mass is 10.3. The Morgan fingerprint density at radius 3 is 2.74 bits per heavy atom. The van der Waals surface area contributed by atoms with Gasteiger partial charge in [0.25, 0.3) is 0 Å². The van der Waals surface area contributed by atoms with Gasteiger partial charge in [0.15, 0.2) is 0 Å². The molecule has 0 aliphatic heterocycles. The fourth-order valence-corrected chi connectivity index (χ4v) is 2.92. The number of aromatic carboxylic acids is 1. The van der Waals surface area contributed by atoms with Gasteiger partial charge >= 0.3 is 5.97 Å². The minimum absolute atomic E-state index is 0.235. The van der Waals surface area contributed by atoms with E-state index in [4.69, 9.17) is 4.74 Å². The van der Waals surface area contributed by atoms with Crippen molar-refractivity contribution >= 4 is 17.7 Å². The zero-order valence-corrected chi connectivity index (χ0v) is 11.7. The van der Waals surface area contributed by atoms with E-state index < -0.39 is 5.97 Å². The number of hydrogen-bond donors (Lipinski definition) is 1. The number of benzene rings is 1. The first-order valence-corrected chi connectivity index (χ1v) is 6.44. The molecular weight excluding hydrogens is 264 g/mol. The predicted molar refractivity (Wildman–Crippen MR) is 72.0 cm³/mol. The van der Waals surface area contributed by atoms with Crippen LogP contribution in [-0.4, -0.2) is 28.0 Å². The molecule has 0 saturated heterocycles. The molecule has 1 aromatic carbocycles. The number of rotatable bonds is 4. The molecule has 0 amide bonds. The average molecular weight is 278 g/mol. The summed E-state index contributed by atoms with van der Waals surface area (Å²) in [5.74, 6) is -0.259. The predicted octanol–water partition coefficient (Wildman–Crippen LogP) is 2.59. The molecule has 1 heterocycles. The van der Waals surface area contributed by atoms with Crippen molar-refractivity contribution in [2.45, 2.75) is 16.8 Å². The number of carboxylic acids is 1. The number of methoxy groups -OCH3 is 1. The molecule has 19 heavy (non-hydrogen) atoms. The summed E-state index contributed by atoms with van der Waals surface area (Å²) in [6, 6.07) is 7.48. The van der Waals surface area contributed by atoms with E-state index in [0.717, 1.165) is 4.90 Å². The van der Waals surface area contributed by atoms with E-state index in [9.17, 15) is 9.90 Å². The van der Waals surface area contributed by atoms with E-state index in [1.165, 1.54) is 11.8 Å². The lowest BCUT2D eigenvalue weighted by Crippen LogP contribution is -2.00. The summed E-state index contributed by atoms with van der Waals surface area (Å²) >= 11 is 1.34. The van der Waals surface area contributed by atoms with Crippen molar-refractivity contribution in [1.29, 1.82) is 0 Å². The van der Waals surface area contributed by atoms with Crippen LogP contribution in [0.4, 0.5) is 0 Å². The van der Waals surface area contributed by atoms with Gasteiger partial charge < -0.3 is 9.84 Å². The molecule has 0 saturated carbocycles. The Morgan fingerprint density at radius 2 is 2.11 bits per heavy atom. The maximum Gasteiger partial charge on any atom is 0.340 e. The Labute approximate surface area is 115 Å². The standard InChI is InChI=1S/C13H14N2O3S/c1-8-11(13(16)17)12(15(2)14-8)19-10-7-5-4-6-9(10)18-3/h4-7H,1-3H3,(H,16,17). The molecule has 100 valence electrons. The molecule has 0 aliphatic rings. The van der Waals surface area contributed by atoms with E-state index in [2.05, 4.69) is 5.10 Å². The molecule has 0 fully saturated rings. The van der Waals surface area contributed by atoms with Crippen molar-refractivity contribution in [1.82, 2.24) is 9.78 Å². The third-order valence-corrected chi connectivity index (χ3v) is 3.88. The highest BCUT2D eigenvalue weighted by atomic mass is 32.2. The molecule has 2 rings (SSSR count). The molecule has 2 aromatic rings. The minimum atomic E-state index is -0.969. The molecule has 0 spiro atoms. The molecule has 1 N–H and O–H groups in total. The monoisotopic (exact) mass is 278 g/mol. The Morgan fingerprint density at radius 1 is 1.42 bits per heavy atom. The molecule has 0 radical (unpaired) electrons. The number of aromatic nitrogens is 2. The highest BCUT2D eigenvalue weighted by Crippen LogP contribution is 2.36. The average Bonchev–Trinajstić information content (AvgIpc) is 2.65. The first-order valence-electron chi connectivity index (χ1n) is 5.62. The van der Waals surface area contributed by atoms with Crippen LogP contribution in [0, 0.1) is 6.92 Å². The van der Waals surface area contributed by atoms with Crippen LogP contribution in [0.15, 0.2) is 34.2 Å². The number of hydrogen-bond acceptors (Lipinski definition) is 4. The second-order valence-corrected chi connectivity index (χ2v) is 4.98. The topological polar surface area (TPSA) is 64.3 Å². The van der Waals surface area contributed by atoms with Gasteiger partial charge in [0.1, 0.15) is 16.3 Å². The lowest BCUT2D eigenvalue weighted by Gasteiger charge is -2.08. The van der Waals surface area contributed by atoms with Gasteiger partial charge in [0.2, 0.25) is 0 Å². The van der Waals surface area contributed by atoms with E-state index in [-0.39, 0.29) is 5.56 Å². The van der Waals surface area contributed by atoms with Crippen LogP contribution in [0.1, 0.15) is 16.1 Å². The van der Waals surface area contributed by atoms with Crippen molar-refractivity contribution in [3.05, 3.63) is 35.5 Å². The van der Waals surface area contributed by atoms with Crippen LogP contribution in [0.3, 0.4) is 0 Å². The Kier molecular flexibility index (Phi) is 3.80. The van der Waals surface area contributed by atoms with Crippen molar-refractivity contribution in [3.8, 4) is 5.75 Å². The van der Waals surface area contributed by atoms with Crippen LogP contribution in [0.25, 0.3) is 0 Å². The zero-order chi connectivity index (χ0) is 14.0. The second-order valence-electron chi connectivity index (χ2n) is 3.95. The van der Waals surface area contributed by atoms with E-state index in [0.29, 0.717) is 16.5 Å². The molecule has 0 atom stereocenters. The Bertz CT molecular complexity index is 622. The SMILES string of the molecule is COc1ccccc1Sc1c(C(=O)O)c(C)nn1C.